The molecule has 0 bridgehead atoms. The second kappa shape index (κ2) is 6.03. The number of amides is 1. The highest BCUT2D eigenvalue weighted by atomic mass is 35.5. The van der Waals surface area contributed by atoms with Gasteiger partial charge >= 0.3 is 0 Å². The summed E-state index contributed by atoms with van der Waals surface area (Å²) in [6.45, 7) is 1.92. The van der Waals surface area contributed by atoms with Gasteiger partial charge in [-0.2, -0.15) is 5.10 Å². The molecule has 0 unspecified atom stereocenters. The van der Waals surface area contributed by atoms with Crippen molar-refractivity contribution < 1.29 is 4.79 Å². The smallest absolute Gasteiger partial charge is 0.276 e. The number of hydrogen-bond acceptors (Lipinski definition) is 2. The number of rotatable bonds is 3. The van der Waals surface area contributed by atoms with Crippen LogP contribution in [-0.4, -0.2) is 15.7 Å². The summed E-state index contributed by atoms with van der Waals surface area (Å²) in [5.74, 6) is -0.250. The van der Waals surface area contributed by atoms with Crippen molar-refractivity contribution >= 4 is 23.2 Å². The Morgan fingerprint density at radius 2 is 1.77 bits per heavy atom. The Labute approximate surface area is 133 Å². The van der Waals surface area contributed by atoms with Gasteiger partial charge in [-0.05, 0) is 49.4 Å². The van der Waals surface area contributed by atoms with E-state index in [1.165, 1.54) is 0 Å². The monoisotopic (exact) mass is 311 g/mol. The zero-order valence-electron chi connectivity index (χ0n) is 12.0. The molecule has 2 aromatic carbocycles. The predicted molar refractivity (Wildman–Crippen MR) is 87.7 cm³/mol. The summed E-state index contributed by atoms with van der Waals surface area (Å²) < 4.78 is 1.75. The number of anilines is 1. The molecule has 4 nitrogen and oxygen atoms in total. The number of nitrogens with one attached hydrogen (secondary N) is 1. The van der Waals surface area contributed by atoms with Crippen LogP contribution in [0, 0.1) is 6.92 Å². The topological polar surface area (TPSA) is 46.9 Å². The van der Waals surface area contributed by atoms with Crippen molar-refractivity contribution in [2.24, 2.45) is 0 Å². The summed E-state index contributed by atoms with van der Waals surface area (Å²) in [7, 11) is 0. The average molecular weight is 312 g/mol. The van der Waals surface area contributed by atoms with Crippen molar-refractivity contribution in [2.45, 2.75) is 6.92 Å². The fourth-order valence-corrected chi connectivity index (χ4v) is 2.27. The summed E-state index contributed by atoms with van der Waals surface area (Å²) in [6, 6.07) is 18.4. The van der Waals surface area contributed by atoms with Gasteiger partial charge < -0.3 is 5.32 Å². The van der Waals surface area contributed by atoms with Crippen LogP contribution in [0.15, 0.2) is 60.7 Å². The lowest BCUT2D eigenvalue weighted by Crippen LogP contribution is -2.13. The van der Waals surface area contributed by atoms with Crippen LogP contribution in [0.1, 0.15) is 16.2 Å². The molecule has 0 spiro atoms. The maximum Gasteiger partial charge on any atom is 0.276 e. The molecule has 22 heavy (non-hydrogen) atoms. The summed E-state index contributed by atoms with van der Waals surface area (Å²) in [5.41, 5.74) is 2.87. The molecule has 110 valence electrons. The molecule has 1 heterocycles. The van der Waals surface area contributed by atoms with E-state index in [4.69, 9.17) is 11.6 Å². The lowest BCUT2D eigenvalue weighted by atomic mass is 10.3. The molecular formula is C17H14ClN3O. The van der Waals surface area contributed by atoms with Gasteiger partial charge in [-0.25, -0.2) is 4.68 Å². The van der Waals surface area contributed by atoms with Crippen molar-refractivity contribution in [1.82, 2.24) is 9.78 Å². The molecule has 0 saturated heterocycles. The molecule has 1 amide bonds. The largest absolute Gasteiger partial charge is 0.321 e. The van der Waals surface area contributed by atoms with E-state index in [-0.39, 0.29) is 5.91 Å². The fourth-order valence-electron chi connectivity index (χ4n) is 2.14. The molecule has 1 N–H and O–H groups in total. The van der Waals surface area contributed by atoms with Crippen LogP contribution < -0.4 is 5.32 Å². The van der Waals surface area contributed by atoms with E-state index in [1.54, 1.807) is 35.0 Å². The van der Waals surface area contributed by atoms with E-state index in [2.05, 4.69) is 10.4 Å². The minimum atomic E-state index is -0.250. The van der Waals surface area contributed by atoms with Crippen molar-refractivity contribution in [3.05, 3.63) is 77.1 Å². The van der Waals surface area contributed by atoms with Gasteiger partial charge in [0, 0.05) is 16.4 Å². The van der Waals surface area contributed by atoms with Crippen LogP contribution in [-0.2, 0) is 0 Å². The maximum atomic E-state index is 12.3. The number of carbonyl (C=O) groups excluding carboxylic acids is 1. The quantitative estimate of drug-likeness (QED) is 0.792. The molecule has 5 heteroatoms. The third-order valence-corrected chi connectivity index (χ3v) is 3.47. The molecule has 0 saturated carbocycles. The van der Waals surface area contributed by atoms with E-state index in [0.29, 0.717) is 16.4 Å². The zero-order valence-corrected chi connectivity index (χ0v) is 12.7. The number of para-hydroxylation sites is 1. The van der Waals surface area contributed by atoms with Crippen molar-refractivity contribution in [3.63, 3.8) is 0 Å². The minimum Gasteiger partial charge on any atom is -0.321 e. The number of aryl methyl sites for hydroxylation is 1. The summed E-state index contributed by atoms with van der Waals surface area (Å²) in [6.07, 6.45) is 0. The first-order chi connectivity index (χ1) is 10.6. The van der Waals surface area contributed by atoms with Gasteiger partial charge in [0.25, 0.3) is 5.91 Å². The van der Waals surface area contributed by atoms with Crippen LogP contribution in [0.4, 0.5) is 5.69 Å². The SMILES string of the molecule is Cc1cc(C(=O)Nc2ccc(Cl)cc2)nn1-c1ccccc1. The van der Waals surface area contributed by atoms with Crippen LogP contribution in [0.2, 0.25) is 5.02 Å². The number of halogens is 1. The first-order valence-corrected chi connectivity index (χ1v) is 7.20. The number of hydrogen-bond donors (Lipinski definition) is 1. The zero-order chi connectivity index (χ0) is 15.5. The number of aromatic nitrogens is 2. The second-order valence-corrected chi connectivity index (χ2v) is 5.32. The van der Waals surface area contributed by atoms with E-state index in [9.17, 15) is 4.79 Å². The summed E-state index contributed by atoms with van der Waals surface area (Å²) in [4.78, 5) is 12.3. The second-order valence-electron chi connectivity index (χ2n) is 4.88. The maximum absolute atomic E-state index is 12.3. The van der Waals surface area contributed by atoms with Crippen LogP contribution in [0.25, 0.3) is 5.69 Å². The Morgan fingerprint density at radius 3 is 2.45 bits per heavy atom. The Balaban J connectivity index is 1.83. The van der Waals surface area contributed by atoms with Crippen molar-refractivity contribution in [2.75, 3.05) is 5.32 Å². The average Bonchev–Trinajstić information content (AvgIpc) is 2.92. The molecule has 0 fully saturated rings. The summed E-state index contributed by atoms with van der Waals surface area (Å²) in [5, 5.41) is 7.80. The highest BCUT2D eigenvalue weighted by Gasteiger charge is 2.13. The van der Waals surface area contributed by atoms with Crippen LogP contribution in [0.5, 0.6) is 0 Å². The van der Waals surface area contributed by atoms with Crippen molar-refractivity contribution in [3.8, 4) is 5.69 Å². The number of carbonyl (C=O) groups is 1. The minimum absolute atomic E-state index is 0.250. The van der Waals surface area contributed by atoms with Gasteiger partial charge in [0.1, 0.15) is 0 Å². The van der Waals surface area contributed by atoms with E-state index in [0.717, 1.165) is 11.4 Å². The van der Waals surface area contributed by atoms with Gasteiger partial charge in [-0.1, -0.05) is 29.8 Å². The first kappa shape index (κ1) is 14.4. The Morgan fingerprint density at radius 1 is 1.09 bits per heavy atom. The molecule has 0 aliphatic heterocycles. The lowest BCUT2D eigenvalue weighted by Gasteiger charge is -2.04. The highest BCUT2D eigenvalue weighted by molar-refractivity contribution is 6.30. The normalized spacial score (nSPS) is 10.5. The van der Waals surface area contributed by atoms with Crippen molar-refractivity contribution in [1.29, 1.82) is 0 Å². The third kappa shape index (κ3) is 3.02. The van der Waals surface area contributed by atoms with Gasteiger partial charge in [0.2, 0.25) is 0 Å². The summed E-state index contributed by atoms with van der Waals surface area (Å²) >= 11 is 5.83. The number of benzene rings is 2. The molecular weight excluding hydrogens is 298 g/mol. The number of nitrogens with zero attached hydrogens (tertiary/aromatic N) is 2. The van der Waals surface area contributed by atoms with E-state index >= 15 is 0 Å². The molecule has 0 atom stereocenters. The predicted octanol–water partition coefficient (Wildman–Crippen LogP) is 4.09. The molecule has 3 rings (SSSR count). The van der Waals surface area contributed by atoms with Crippen LogP contribution in [0.3, 0.4) is 0 Å². The van der Waals surface area contributed by atoms with Gasteiger partial charge in [0.15, 0.2) is 5.69 Å². The lowest BCUT2D eigenvalue weighted by molar-refractivity contribution is 0.102. The molecule has 0 aliphatic carbocycles. The van der Waals surface area contributed by atoms with Gasteiger partial charge in [-0.15, -0.1) is 0 Å². The first-order valence-electron chi connectivity index (χ1n) is 6.82. The fraction of sp³-hybridized carbons (Fsp3) is 0.0588. The standard InChI is InChI=1S/C17H14ClN3O/c1-12-11-16(20-21(12)15-5-3-2-4-6-15)17(22)19-14-9-7-13(18)8-10-14/h2-11H,1H3,(H,19,22). The van der Waals surface area contributed by atoms with E-state index in [1.807, 2.05) is 37.3 Å². The van der Waals surface area contributed by atoms with Gasteiger partial charge in [0.05, 0.1) is 5.69 Å². The Kier molecular flexibility index (Phi) is 3.94. The van der Waals surface area contributed by atoms with Gasteiger partial charge in [-0.3, -0.25) is 4.79 Å². The molecule has 0 aliphatic rings. The highest BCUT2D eigenvalue weighted by Crippen LogP contribution is 2.16. The van der Waals surface area contributed by atoms with Crippen LogP contribution >= 0.6 is 11.6 Å². The molecule has 3 aromatic rings. The Hall–Kier alpha value is -2.59. The Bertz CT molecular complexity index is 795. The molecule has 0 radical (unpaired) electrons. The molecule has 1 aromatic heterocycles. The van der Waals surface area contributed by atoms with E-state index < -0.39 is 0 Å². The third-order valence-electron chi connectivity index (χ3n) is 3.22.